The average molecular weight is 327 g/mol. The number of carbonyl (C=O) groups is 1. The van der Waals surface area contributed by atoms with Gasteiger partial charge in [-0.3, -0.25) is 9.58 Å². The highest BCUT2D eigenvalue weighted by Crippen LogP contribution is 2.18. The van der Waals surface area contributed by atoms with E-state index in [4.69, 9.17) is 0 Å². The Bertz CT molecular complexity index is 646. The zero-order chi connectivity index (χ0) is 16.8. The SMILES string of the molecule is Cn1cc(NC(=O)NCC2CCN(Cc3ccccc3)CC2)cn1. The third-order valence-corrected chi connectivity index (χ3v) is 4.47. The van der Waals surface area contributed by atoms with Gasteiger partial charge in [-0.25, -0.2) is 4.79 Å². The smallest absolute Gasteiger partial charge is 0.319 e. The molecule has 1 aromatic heterocycles. The van der Waals surface area contributed by atoms with E-state index in [-0.39, 0.29) is 6.03 Å². The molecular weight excluding hydrogens is 302 g/mol. The summed E-state index contributed by atoms with van der Waals surface area (Å²) in [5.41, 5.74) is 2.08. The van der Waals surface area contributed by atoms with Gasteiger partial charge in [-0.2, -0.15) is 5.10 Å². The molecule has 2 amide bonds. The van der Waals surface area contributed by atoms with E-state index in [0.717, 1.165) is 39.0 Å². The van der Waals surface area contributed by atoms with E-state index in [9.17, 15) is 4.79 Å². The van der Waals surface area contributed by atoms with Crippen LogP contribution in [-0.2, 0) is 13.6 Å². The molecule has 0 saturated carbocycles. The van der Waals surface area contributed by atoms with Crippen LogP contribution in [0.15, 0.2) is 42.7 Å². The molecule has 1 fully saturated rings. The molecule has 0 spiro atoms. The van der Waals surface area contributed by atoms with Crippen molar-refractivity contribution in [3.8, 4) is 0 Å². The number of hydrogen-bond donors (Lipinski definition) is 2. The van der Waals surface area contributed by atoms with Gasteiger partial charge < -0.3 is 10.6 Å². The van der Waals surface area contributed by atoms with Crippen molar-refractivity contribution < 1.29 is 4.79 Å². The zero-order valence-electron chi connectivity index (χ0n) is 14.1. The Labute approximate surface area is 142 Å². The van der Waals surface area contributed by atoms with Crippen LogP contribution in [0.4, 0.5) is 10.5 Å². The van der Waals surface area contributed by atoms with Crippen LogP contribution in [0.3, 0.4) is 0 Å². The Morgan fingerprint density at radius 2 is 2.00 bits per heavy atom. The molecular formula is C18H25N5O. The predicted molar refractivity (Wildman–Crippen MR) is 94.7 cm³/mol. The number of carbonyl (C=O) groups excluding carboxylic acids is 1. The Hall–Kier alpha value is -2.34. The number of benzene rings is 1. The fourth-order valence-electron chi connectivity index (χ4n) is 3.09. The lowest BCUT2D eigenvalue weighted by Crippen LogP contribution is -2.39. The molecule has 0 atom stereocenters. The summed E-state index contributed by atoms with van der Waals surface area (Å²) in [4.78, 5) is 14.4. The first kappa shape index (κ1) is 16.5. The van der Waals surface area contributed by atoms with Gasteiger partial charge in [0.2, 0.25) is 0 Å². The Morgan fingerprint density at radius 1 is 1.25 bits per heavy atom. The highest BCUT2D eigenvalue weighted by molar-refractivity contribution is 5.88. The van der Waals surface area contributed by atoms with Crippen LogP contribution >= 0.6 is 0 Å². The normalized spacial score (nSPS) is 16.0. The largest absolute Gasteiger partial charge is 0.338 e. The van der Waals surface area contributed by atoms with Crippen molar-refractivity contribution >= 4 is 11.7 Å². The van der Waals surface area contributed by atoms with Gasteiger partial charge in [-0.1, -0.05) is 30.3 Å². The summed E-state index contributed by atoms with van der Waals surface area (Å²) in [6.07, 6.45) is 5.67. The molecule has 6 nitrogen and oxygen atoms in total. The number of likely N-dealkylation sites (tertiary alicyclic amines) is 1. The molecule has 1 saturated heterocycles. The first-order valence-corrected chi connectivity index (χ1v) is 8.49. The lowest BCUT2D eigenvalue weighted by atomic mass is 9.96. The van der Waals surface area contributed by atoms with Gasteiger partial charge in [0.15, 0.2) is 0 Å². The highest BCUT2D eigenvalue weighted by Gasteiger charge is 2.19. The van der Waals surface area contributed by atoms with Gasteiger partial charge in [0, 0.05) is 26.3 Å². The van der Waals surface area contributed by atoms with Gasteiger partial charge in [0.05, 0.1) is 11.9 Å². The standard InChI is InChI=1S/C18H25N5O/c1-22-14-17(12-20-22)21-18(24)19-11-15-7-9-23(10-8-15)13-16-5-3-2-4-6-16/h2-6,12,14-15H,7-11,13H2,1H3,(H2,19,21,24). The third kappa shape index (κ3) is 4.83. The van der Waals surface area contributed by atoms with Crippen LogP contribution in [-0.4, -0.2) is 40.3 Å². The summed E-state index contributed by atoms with van der Waals surface area (Å²) >= 11 is 0. The number of aromatic nitrogens is 2. The van der Waals surface area contributed by atoms with Crippen LogP contribution in [0.25, 0.3) is 0 Å². The number of amides is 2. The topological polar surface area (TPSA) is 62.2 Å². The number of piperidine rings is 1. The quantitative estimate of drug-likeness (QED) is 0.887. The fourth-order valence-corrected chi connectivity index (χ4v) is 3.09. The van der Waals surface area contributed by atoms with Crippen molar-refractivity contribution in [2.75, 3.05) is 25.0 Å². The molecule has 2 aromatic rings. The van der Waals surface area contributed by atoms with E-state index in [1.807, 2.05) is 7.05 Å². The number of rotatable bonds is 5. The predicted octanol–water partition coefficient (Wildman–Crippen LogP) is 2.45. The molecule has 2 heterocycles. The summed E-state index contributed by atoms with van der Waals surface area (Å²) < 4.78 is 1.66. The summed E-state index contributed by atoms with van der Waals surface area (Å²) in [6, 6.07) is 10.4. The van der Waals surface area contributed by atoms with Gasteiger partial charge >= 0.3 is 6.03 Å². The Kier molecular flexibility index (Phi) is 5.48. The lowest BCUT2D eigenvalue weighted by molar-refractivity contribution is 0.175. The second kappa shape index (κ2) is 7.97. The molecule has 1 aliphatic rings. The van der Waals surface area contributed by atoms with Crippen LogP contribution in [0, 0.1) is 5.92 Å². The number of hydrogen-bond acceptors (Lipinski definition) is 3. The minimum absolute atomic E-state index is 0.158. The van der Waals surface area contributed by atoms with Crippen molar-refractivity contribution in [3.05, 3.63) is 48.3 Å². The average Bonchev–Trinajstić information content (AvgIpc) is 3.00. The summed E-state index contributed by atoms with van der Waals surface area (Å²) in [6.45, 7) is 3.92. The molecule has 0 radical (unpaired) electrons. The van der Waals surface area contributed by atoms with E-state index < -0.39 is 0 Å². The second-order valence-electron chi connectivity index (χ2n) is 6.44. The van der Waals surface area contributed by atoms with Crippen molar-refractivity contribution in [1.29, 1.82) is 0 Å². The van der Waals surface area contributed by atoms with Crippen molar-refractivity contribution in [2.45, 2.75) is 19.4 Å². The summed E-state index contributed by atoms with van der Waals surface area (Å²) in [5, 5.41) is 9.80. The van der Waals surface area contributed by atoms with Crippen molar-refractivity contribution in [3.63, 3.8) is 0 Å². The molecule has 1 aliphatic heterocycles. The Balaban J connectivity index is 1.35. The first-order chi connectivity index (χ1) is 11.7. The van der Waals surface area contributed by atoms with Crippen LogP contribution in [0.1, 0.15) is 18.4 Å². The maximum atomic E-state index is 11.9. The number of nitrogens with zero attached hydrogens (tertiary/aromatic N) is 3. The van der Waals surface area contributed by atoms with E-state index in [2.05, 4.69) is 51.0 Å². The molecule has 3 rings (SSSR count). The number of urea groups is 1. The minimum atomic E-state index is -0.158. The number of aryl methyl sites for hydroxylation is 1. The maximum Gasteiger partial charge on any atom is 0.319 e. The van der Waals surface area contributed by atoms with Gasteiger partial charge in [0.25, 0.3) is 0 Å². The van der Waals surface area contributed by atoms with Crippen molar-refractivity contribution in [2.24, 2.45) is 13.0 Å². The molecule has 2 N–H and O–H groups in total. The third-order valence-electron chi connectivity index (χ3n) is 4.47. The maximum absolute atomic E-state index is 11.9. The molecule has 24 heavy (non-hydrogen) atoms. The summed E-state index contributed by atoms with van der Waals surface area (Å²) in [7, 11) is 1.83. The van der Waals surface area contributed by atoms with E-state index in [1.54, 1.807) is 17.1 Å². The Morgan fingerprint density at radius 3 is 2.67 bits per heavy atom. The van der Waals surface area contributed by atoms with Gasteiger partial charge in [-0.15, -0.1) is 0 Å². The molecule has 0 unspecified atom stereocenters. The van der Waals surface area contributed by atoms with Crippen molar-refractivity contribution in [1.82, 2.24) is 20.0 Å². The fraction of sp³-hybridized carbons (Fsp3) is 0.444. The number of nitrogens with one attached hydrogen (secondary N) is 2. The van der Waals surface area contributed by atoms with Crippen LogP contribution in [0.2, 0.25) is 0 Å². The molecule has 1 aromatic carbocycles. The lowest BCUT2D eigenvalue weighted by Gasteiger charge is -2.32. The van der Waals surface area contributed by atoms with Gasteiger partial charge in [0.1, 0.15) is 0 Å². The summed E-state index contributed by atoms with van der Waals surface area (Å²) in [5.74, 6) is 0.552. The molecule has 0 aliphatic carbocycles. The molecule has 128 valence electrons. The number of anilines is 1. The second-order valence-corrected chi connectivity index (χ2v) is 6.44. The van der Waals surface area contributed by atoms with Crippen LogP contribution < -0.4 is 10.6 Å². The highest BCUT2D eigenvalue weighted by atomic mass is 16.2. The zero-order valence-corrected chi connectivity index (χ0v) is 14.1. The van der Waals surface area contributed by atoms with Gasteiger partial charge in [-0.05, 0) is 37.4 Å². The van der Waals surface area contributed by atoms with Crippen LogP contribution in [0.5, 0.6) is 0 Å². The first-order valence-electron chi connectivity index (χ1n) is 8.49. The van der Waals surface area contributed by atoms with E-state index in [1.165, 1.54) is 5.56 Å². The monoisotopic (exact) mass is 327 g/mol. The minimum Gasteiger partial charge on any atom is -0.338 e. The van der Waals surface area contributed by atoms with E-state index >= 15 is 0 Å². The molecule has 0 bridgehead atoms. The van der Waals surface area contributed by atoms with E-state index in [0.29, 0.717) is 11.6 Å². The molecule has 6 heteroatoms.